The summed E-state index contributed by atoms with van der Waals surface area (Å²) in [5.74, 6) is 3.34. The van der Waals surface area contributed by atoms with Crippen LogP contribution in [0, 0.1) is 23.7 Å². The molecule has 28 heavy (non-hydrogen) atoms. The van der Waals surface area contributed by atoms with Crippen LogP contribution in [0.2, 0.25) is 0 Å². The summed E-state index contributed by atoms with van der Waals surface area (Å²) in [5.41, 5.74) is 1.70. The van der Waals surface area contributed by atoms with Gasteiger partial charge in [0.05, 0.1) is 4.88 Å². The molecule has 2 N–H and O–H groups in total. The molecular formula is C23H26N2O2S. The van der Waals surface area contributed by atoms with Gasteiger partial charge in [-0.15, -0.1) is 11.3 Å². The molecule has 0 saturated heterocycles. The van der Waals surface area contributed by atoms with Gasteiger partial charge in [0.25, 0.3) is 11.8 Å². The molecule has 3 aliphatic carbocycles. The third-order valence-electron chi connectivity index (χ3n) is 7.16. The smallest absolute Gasteiger partial charge is 0.261 e. The molecule has 0 aliphatic heterocycles. The number of hydrogen-bond donors (Lipinski definition) is 2. The molecule has 2 bridgehead atoms. The van der Waals surface area contributed by atoms with Crippen LogP contribution in [0.25, 0.3) is 0 Å². The van der Waals surface area contributed by atoms with E-state index in [1.165, 1.54) is 43.4 Å². The van der Waals surface area contributed by atoms with Crippen LogP contribution in [-0.2, 0) is 6.54 Å². The van der Waals surface area contributed by atoms with Gasteiger partial charge >= 0.3 is 0 Å². The minimum atomic E-state index is -0.0571. The number of carbonyl (C=O) groups excluding carboxylic acids is 2. The van der Waals surface area contributed by atoms with E-state index < -0.39 is 0 Å². The van der Waals surface area contributed by atoms with Gasteiger partial charge in [-0.25, -0.2) is 0 Å². The lowest BCUT2D eigenvalue weighted by molar-refractivity contribution is 0.0899. The molecule has 4 nitrogen and oxygen atoms in total. The summed E-state index contributed by atoms with van der Waals surface area (Å²) in [5, 5.41) is 8.13. The van der Waals surface area contributed by atoms with E-state index in [-0.39, 0.29) is 11.8 Å². The molecule has 146 valence electrons. The predicted octanol–water partition coefficient (Wildman–Crippen LogP) is 4.23. The second-order valence-electron chi connectivity index (χ2n) is 8.59. The first kappa shape index (κ1) is 17.9. The predicted molar refractivity (Wildman–Crippen MR) is 110 cm³/mol. The molecule has 1 aromatic heterocycles. The van der Waals surface area contributed by atoms with Crippen molar-refractivity contribution in [2.45, 2.75) is 44.7 Å². The highest BCUT2D eigenvalue weighted by molar-refractivity contribution is 7.12. The SMILES string of the molecule is O=C(N[C@@H]1C[C@H]2C[C@H]1[C@H]1CCC[C@@H]21)c1ccc(CNC(=O)c2cccs2)cc1. The molecule has 0 radical (unpaired) electrons. The summed E-state index contributed by atoms with van der Waals surface area (Å²) in [6, 6.07) is 11.6. The summed E-state index contributed by atoms with van der Waals surface area (Å²) in [4.78, 5) is 25.5. The van der Waals surface area contributed by atoms with Gasteiger partial charge in [-0.3, -0.25) is 9.59 Å². The Labute approximate surface area is 169 Å². The van der Waals surface area contributed by atoms with Crippen LogP contribution in [0.15, 0.2) is 41.8 Å². The van der Waals surface area contributed by atoms with E-state index in [0.29, 0.717) is 28.9 Å². The van der Waals surface area contributed by atoms with Gasteiger partial charge in [-0.05, 0) is 78.5 Å². The first-order valence-corrected chi connectivity index (χ1v) is 11.3. The van der Waals surface area contributed by atoms with Gasteiger partial charge in [0.15, 0.2) is 0 Å². The standard InChI is InChI=1S/C23H26N2O2S/c26-22(25-20-12-16-11-19(20)18-4-1-3-17(16)18)15-8-6-14(7-9-15)13-24-23(27)21-5-2-10-28-21/h2,5-10,16-20H,1,3-4,11-13H2,(H,24,27)(H,25,26)/t16-,17+,18+,19+,20-/m1/s1. The number of nitrogens with one attached hydrogen (secondary N) is 2. The molecule has 5 rings (SSSR count). The number of rotatable bonds is 5. The minimum absolute atomic E-state index is 0.0428. The van der Waals surface area contributed by atoms with Crippen molar-refractivity contribution in [3.8, 4) is 0 Å². The molecule has 2 aromatic rings. The lowest BCUT2D eigenvalue weighted by Gasteiger charge is -2.32. The van der Waals surface area contributed by atoms with E-state index >= 15 is 0 Å². The molecule has 3 fully saturated rings. The number of fused-ring (bicyclic) bond motifs is 5. The van der Waals surface area contributed by atoms with Crippen LogP contribution in [-0.4, -0.2) is 17.9 Å². The lowest BCUT2D eigenvalue weighted by atomic mass is 9.79. The molecule has 0 spiro atoms. The molecule has 1 aromatic carbocycles. The molecule has 3 aliphatic rings. The average molecular weight is 395 g/mol. The zero-order chi connectivity index (χ0) is 19.1. The van der Waals surface area contributed by atoms with Gasteiger partial charge in [-0.1, -0.05) is 24.6 Å². The van der Waals surface area contributed by atoms with Crippen molar-refractivity contribution in [3.05, 3.63) is 57.8 Å². The van der Waals surface area contributed by atoms with Gasteiger partial charge in [-0.2, -0.15) is 0 Å². The molecule has 5 heteroatoms. The Morgan fingerprint density at radius 1 is 0.964 bits per heavy atom. The largest absolute Gasteiger partial charge is 0.349 e. The molecule has 0 unspecified atom stereocenters. The van der Waals surface area contributed by atoms with Crippen LogP contribution in [0.4, 0.5) is 0 Å². The Kier molecular flexibility index (Phi) is 4.71. The van der Waals surface area contributed by atoms with E-state index in [2.05, 4.69) is 10.6 Å². The molecular weight excluding hydrogens is 368 g/mol. The number of benzene rings is 1. The van der Waals surface area contributed by atoms with Gasteiger partial charge in [0, 0.05) is 18.2 Å². The van der Waals surface area contributed by atoms with Crippen molar-refractivity contribution in [1.29, 1.82) is 0 Å². The highest BCUT2D eigenvalue weighted by Gasteiger charge is 2.54. The third-order valence-corrected chi connectivity index (χ3v) is 8.03. The maximum atomic E-state index is 12.7. The molecule has 1 heterocycles. The van der Waals surface area contributed by atoms with Gasteiger partial charge < -0.3 is 10.6 Å². The quantitative estimate of drug-likeness (QED) is 0.797. The van der Waals surface area contributed by atoms with Crippen LogP contribution in [0.3, 0.4) is 0 Å². The van der Waals surface area contributed by atoms with Gasteiger partial charge in [0.2, 0.25) is 0 Å². The Bertz CT molecular complexity index is 861. The van der Waals surface area contributed by atoms with Crippen molar-refractivity contribution in [2.24, 2.45) is 23.7 Å². The summed E-state index contributed by atoms with van der Waals surface area (Å²) in [7, 11) is 0. The second kappa shape index (κ2) is 7.36. The number of carbonyl (C=O) groups is 2. The summed E-state index contributed by atoms with van der Waals surface area (Å²) in [6.45, 7) is 0.466. The Hall–Kier alpha value is -2.14. The zero-order valence-electron chi connectivity index (χ0n) is 15.9. The Morgan fingerprint density at radius 2 is 1.79 bits per heavy atom. The van der Waals surface area contributed by atoms with E-state index in [1.807, 2.05) is 41.8 Å². The monoisotopic (exact) mass is 394 g/mol. The maximum Gasteiger partial charge on any atom is 0.261 e. The number of hydrogen-bond acceptors (Lipinski definition) is 3. The molecule has 5 atom stereocenters. The van der Waals surface area contributed by atoms with Crippen molar-refractivity contribution in [2.75, 3.05) is 0 Å². The fourth-order valence-corrected chi connectivity index (χ4v) is 6.58. The van der Waals surface area contributed by atoms with Crippen LogP contribution in [0.5, 0.6) is 0 Å². The average Bonchev–Trinajstić information content (AvgIpc) is 3.49. The highest BCUT2D eigenvalue weighted by atomic mass is 32.1. The van der Waals surface area contributed by atoms with Crippen LogP contribution in [0.1, 0.15) is 57.7 Å². The van der Waals surface area contributed by atoms with Crippen molar-refractivity contribution >= 4 is 23.2 Å². The maximum absolute atomic E-state index is 12.7. The van der Waals surface area contributed by atoms with Crippen molar-refractivity contribution < 1.29 is 9.59 Å². The molecule has 3 saturated carbocycles. The number of thiophene rings is 1. The zero-order valence-corrected chi connectivity index (χ0v) is 16.7. The first-order valence-electron chi connectivity index (χ1n) is 10.4. The normalized spacial score (nSPS) is 30.2. The fraction of sp³-hybridized carbons (Fsp3) is 0.478. The van der Waals surface area contributed by atoms with E-state index in [9.17, 15) is 9.59 Å². The van der Waals surface area contributed by atoms with E-state index in [1.54, 1.807) is 0 Å². The summed E-state index contributed by atoms with van der Waals surface area (Å²) >= 11 is 1.43. The third kappa shape index (κ3) is 3.26. The summed E-state index contributed by atoms with van der Waals surface area (Å²) in [6.07, 6.45) is 6.65. The van der Waals surface area contributed by atoms with Crippen LogP contribution < -0.4 is 10.6 Å². The van der Waals surface area contributed by atoms with Gasteiger partial charge in [0.1, 0.15) is 0 Å². The minimum Gasteiger partial charge on any atom is -0.349 e. The van der Waals surface area contributed by atoms with E-state index in [4.69, 9.17) is 0 Å². The highest BCUT2D eigenvalue weighted by Crippen LogP contribution is 2.58. The van der Waals surface area contributed by atoms with E-state index in [0.717, 1.165) is 23.3 Å². The van der Waals surface area contributed by atoms with Crippen molar-refractivity contribution in [3.63, 3.8) is 0 Å². The Morgan fingerprint density at radius 3 is 2.57 bits per heavy atom. The topological polar surface area (TPSA) is 58.2 Å². The second-order valence-corrected chi connectivity index (χ2v) is 9.54. The lowest BCUT2D eigenvalue weighted by Crippen LogP contribution is -2.42. The van der Waals surface area contributed by atoms with Crippen LogP contribution >= 0.6 is 11.3 Å². The summed E-state index contributed by atoms with van der Waals surface area (Å²) < 4.78 is 0. The fourth-order valence-electron chi connectivity index (χ4n) is 5.94. The first-order chi connectivity index (χ1) is 13.7. The van der Waals surface area contributed by atoms with Crippen molar-refractivity contribution in [1.82, 2.24) is 10.6 Å². The molecule has 2 amide bonds. The Balaban J connectivity index is 1.16. The number of amides is 2.